The lowest BCUT2D eigenvalue weighted by Gasteiger charge is -2.16. The van der Waals surface area contributed by atoms with E-state index >= 15 is 0 Å². The summed E-state index contributed by atoms with van der Waals surface area (Å²) in [6.07, 6.45) is 0. The molecule has 18 heteroatoms. The summed E-state index contributed by atoms with van der Waals surface area (Å²) in [5, 5.41) is 23.1. The predicted molar refractivity (Wildman–Crippen MR) is 151 cm³/mol. The molecule has 0 aromatic heterocycles. The molecule has 0 aliphatic carbocycles. The number of aromatic hydroxyl groups is 1. The minimum Gasteiger partial charge on any atom is -0.505 e. The molecule has 0 aliphatic rings. The molecule has 42 heavy (non-hydrogen) atoms. The van der Waals surface area contributed by atoms with Gasteiger partial charge >= 0.3 is 0 Å². The highest BCUT2D eigenvalue weighted by molar-refractivity contribution is 7.86. The van der Waals surface area contributed by atoms with Crippen molar-refractivity contribution in [3.05, 3.63) is 54.1 Å². The number of hydrogen-bond donors (Lipinski definition) is 6. The van der Waals surface area contributed by atoms with Crippen LogP contribution in [0, 0.1) is 0 Å². The summed E-state index contributed by atoms with van der Waals surface area (Å²) in [6.45, 7) is -0.0442. The van der Waals surface area contributed by atoms with Crippen LogP contribution in [-0.4, -0.2) is 70.4 Å². The van der Waals surface area contributed by atoms with E-state index in [9.17, 15) is 48.8 Å². The van der Waals surface area contributed by atoms with Gasteiger partial charge in [-0.05, 0) is 31.3 Å². The van der Waals surface area contributed by atoms with Crippen molar-refractivity contribution in [1.82, 2.24) is 5.32 Å². The Morgan fingerprint density at radius 2 is 1.40 bits per heavy atom. The lowest BCUT2D eigenvalue weighted by molar-refractivity contribution is 0.0993. The highest BCUT2D eigenvalue weighted by Gasteiger charge is 2.29. The maximum atomic E-state index is 12.5. The molecule has 0 aliphatic heterocycles. The van der Waals surface area contributed by atoms with Crippen LogP contribution in [-0.2, 0) is 30.4 Å². The summed E-state index contributed by atoms with van der Waals surface area (Å²) in [7, 11) is -12.3. The average Bonchev–Trinajstić information content (AvgIpc) is 2.89. The molecule has 0 unspecified atom stereocenters. The zero-order chi connectivity index (χ0) is 31.2. The molecule has 4 aromatic carbocycles. The van der Waals surface area contributed by atoms with E-state index in [-0.39, 0.29) is 45.1 Å². The predicted octanol–water partition coefficient (Wildman–Crippen LogP) is 3.30. The first-order valence-corrected chi connectivity index (χ1v) is 15.9. The Bertz CT molecular complexity index is 2150. The van der Waals surface area contributed by atoms with Crippen molar-refractivity contribution in [2.45, 2.75) is 14.7 Å². The van der Waals surface area contributed by atoms with Crippen LogP contribution in [0.3, 0.4) is 0 Å². The molecule has 0 atom stereocenters. The fraction of sp³-hybridized carbons (Fsp3) is 0.125. The van der Waals surface area contributed by atoms with Crippen LogP contribution in [0.2, 0.25) is 0 Å². The highest BCUT2D eigenvalue weighted by atomic mass is 32.2. The molecule has 0 amide bonds. The molecule has 4 aromatic rings. The number of rotatable bonds is 9. The molecular formula is C24H22N4O11S3. The molecule has 0 saturated heterocycles. The fourth-order valence-electron chi connectivity index (χ4n) is 4.43. The van der Waals surface area contributed by atoms with E-state index in [0.29, 0.717) is 0 Å². The van der Waals surface area contributed by atoms with Gasteiger partial charge in [0.2, 0.25) is 0 Å². The van der Waals surface area contributed by atoms with E-state index in [1.807, 2.05) is 0 Å². The van der Waals surface area contributed by atoms with Crippen LogP contribution in [0.25, 0.3) is 21.5 Å². The first-order chi connectivity index (χ1) is 19.5. The Labute approximate surface area is 239 Å². The maximum Gasteiger partial charge on any atom is 0.298 e. The summed E-state index contributed by atoms with van der Waals surface area (Å²) in [5.74, 6) is -1.17. The first kappa shape index (κ1) is 30.9. The molecule has 0 fully saturated rings. The van der Waals surface area contributed by atoms with Crippen LogP contribution in [0.15, 0.2) is 73.4 Å². The largest absolute Gasteiger partial charge is 0.505 e. The number of hydrogen-bond acceptors (Lipinski definition) is 12. The maximum absolute atomic E-state index is 12.5. The van der Waals surface area contributed by atoms with Crippen LogP contribution < -0.4 is 10.6 Å². The van der Waals surface area contributed by atoms with Gasteiger partial charge in [0.05, 0.1) is 12.2 Å². The smallest absolute Gasteiger partial charge is 0.298 e. The van der Waals surface area contributed by atoms with Crippen molar-refractivity contribution in [1.29, 1.82) is 0 Å². The number of azo groups is 1. The van der Waals surface area contributed by atoms with Gasteiger partial charge in [-0.2, -0.15) is 25.3 Å². The topological polar surface area (TPSA) is 249 Å². The second-order valence-corrected chi connectivity index (χ2v) is 12.9. The van der Waals surface area contributed by atoms with Gasteiger partial charge < -0.3 is 15.7 Å². The Morgan fingerprint density at radius 3 is 1.98 bits per heavy atom. The Hall–Kier alpha value is -4.04. The zero-order valence-corrected chi connectivity index (χ0v) is 24.0. The van der Waals surface area contributed by atoms with Gasteiger partial charge in [-0.15, -0.1) is 10.2 Å². The number of ketones is 1. The number of fused-ring (bicyclic) bond motifs is 2. The van der Waals surface area contributed by atoms with Gasteiger partial charge in [0.25, 0.3) is 30.4 Å². The molecule has 4 rings (SSSR count). The standard InChI is InChI=1S/C24H22N4O11S3/c1-25-11-18(29)12-6-7-14-16(10-12)20(26-2)24(42(37,38)39)21(22(14)30)28-27-17-9-8-13-15(23(17)41(34,35)36)4-3-5-19(13)40(31,32)33/h3-10,25-26,30H,11H2,1-2H3,(H,31,32,33)(H,34,35,36)(H,37,38,39). The van der Waals surface area contributed by atoms with Gasteiger partial charge in [-0.3, -0.25) is 18.5 Å². The summed E-state index contributed by atoms with van der Waals surface area (Å²) >= 11 is 0. The molecule has 0 spiro atoms. The number of phenols is 1. The van der Waals surface area contributed by atoms with E-state index in [1.54, 1.807) is 7.05 Å². The van der Waals surface area contributed by atoms with Gasteiger partial charge in [0.15, 0.2) is 17.2 Å². The summed E-state index contributed by atoms with van der Waals surface area (Å²) < 4.78 is 103. The number of Topliss-reactive ketones (excluding diaryl/α,β-unsaturated/α-hetero) is 1. The summed E-state index contributed by atoms with van der Waals surface area (Å²) in [6, 6.07) is 9.16. The number of nitrogens with one attached hydrogen (secondary N) is 2. The second kappa shape index (κ2) is 11.0. The number of likely N-dealkylation sites (N-methyl/N-ethyl adjacent to an activating group) is 1. The molecular weight excluding hydrogens is 616 g/mol. The Morgan fingerprint density at radius 1 is 0.762 bits per heavy atom. The fourth-order valence-corrected chi connectivity index (χ4v) is 6.82. The highest BCUT2D eigenvalue weighted by Crippen LogP contribution is 2.47. The summed E-state index contributed by atoms with van der Waals surface area (Å²) in [4.78, 5) is 9.83. The van der Waals surface area contributed by atoms with Gasteiger partial charge in [0, 0.05) is 34.2 Å². The minimum absolute atomic E-state index is 0.0191. The van der Waals surface area contributed by atoms with E-state index in [4.69, 9.17) is 0 Å². The third-order valence-corrected chi connectivity index (χ3v) is 8.89. The Kier molecular flexibility index (Phi) is 8.08. The van der Waals surface area contributed by atoms with Crippen LogP contribution in [0.1, 0.15) is 10.4 Å². The minimum atomic E-state index is -5.17. The SMILES string of the molecule is CNCC(=O)c1ccc2c(O)c(N=Nc3ccc4c(S(=O)(=O)O)cccc4c3S(=O)(=O)O)c(S(=O)(=O)O)c(NC)c2c1. The van der Waals surface area contributed by atoms with E-state index in [1.165, 1.54) is 25.2 Å². The number of carbonyl (C=O) groups is 1. The third kappa shape index (κ3) is 5.68. The van der Waals surface area contributed by atoms with Crippen molar-refractivity contribution in [3.63, 3.8) is 0 Å². The number of carbonyl (C=O) groups excluding carboxylic acids is 1. The number of anilines is 1. The van der Waals surface area contributed by atoms with E-state index in [0.717, 1.165) is 30.3 Å². The summed E-state index contributed by atoms with van der Waals surface area (Å²) in [5.41, 5.74) is -1.56. The Balaban J connectivity index is 2.06. The van der Waals surface area contributed by atoms with Crippen molar-refractivity contribution >= 4 is 74.7 Å². The monoisotopic (exact) mass is 638 g/mol. The lowest BCUT2D eigenvalue weighted by atomic mass is 10.0. The molecule has 222 valence electrons. The molecule has 0 saturated carbocycles. The molecule has 15 nitrogen and oxygen atoms in total. The number of nitrogens with zero attached hydrogens (tertiary/aromatic N) is 2. The number of phenolic OH excluding ortho intramolecular Hbond substituents is 1. The number of benzene rings is 4. The van der Waals surface area contributed by atoms with Crippen molar-refractivity contribution in [2.24, 2.45) is 10.2 Å². The lowest BCUT2D eigenvalue weighted by Crippen LogP contribution is -2.18. The molecule has 0 bridgehead atoms. The van der Waals surface area contributed by atoms with Crippen molar-refractivity contribution < 1.29 is 48.8 Å². The zero-order valence-electron chi connectivity index (χ0n) is 21.6. The van der Waals surface area contributed by atoms with E-state index in [2.05, 4.69) is 20.9 Å². The van der Waals surface area contributed by atoms with Crippen molar-refractivity contribution in [2.75, 3.05) is 26.0 Å². The van der Waals surface area contributed by atoms with Crippen LogP contribution in [0.4, 0.5) is 17.1 Å². The average molecular weight is 639 g/mol. The first-order valence-electron chi connectivity index (χ1n) is 11.6. The third-order valence-electron chi connectivity index (χ3n) is 6.12. The van der Waals surface area contributed by atoms with Gasteiger partial charge in [-0.25, -0.2) is 0 Å². The second-order valence-electron chi connectivity index (χ2n) is 8.76. The molecule has 6 N–H and O–H groups in total. The van der Waals surface area contributed by atoms with Crippen LogP contribution >= 0.6 is 0 Å². The quantitative estimate of drug-likeness (QED) is 0.0667. The van der Waals surface area contributed by atoms with Gasteiger partial charge in [-0.1, -0.05) is 24.3 Å². The molecule has 0 heterocycles. The molecule has 0 radical (unpaired) electrons. The van der Waals surface area contributed by atoms with Crippen LogP contribution in [0.5, 0.6) is 5.75 Å². The normalized spacial score (nSPS) is 12.8. The van der Waals surface area contributed by atoms with E-state index < -0.39 is 62.2 Å². The van der Waals surface area contributed by atoms with Crippen molar-refractivity contribution in [3.8, 4) is 5.75 Å². The van der Waals surface area contributed by atoms with Gasteiger partial charge in [0.1, 0.15) is 20.4 Å².